The first kappa shape index (κ1) is 17.5. The Hall–Kier alpha value is -1.27. The van der Waals surface area contributed by atoms with Gasteiger partial charge in [0.05, 0.1) is 12.7 Å². The van der Waals surface area contributed by atoms with Crippen molar-refractivity contribution in [1.82, 2.24) is 10.2 Å². The number of rotatable bonds is 7. The molecule has 0 radical (unpaired) electrons. The van der Waals surface area contributed by atoms with Crippen LogP contribution in [0.15, 0.2) is 24.3 Å². The van der Waals surface area contributed by atoms with Crippen LogP contribution < -0.4 is 5.32 Å². The van der Waals surface area contributed by atoms with Crippen molar-refractivity contribution in [2.24, 2.45) is 5.92 Å². The smallest absolute Gasteiger partial charge is 0.317 e. The van der Waals surface area contributed by atoms with Crippen LogP contribution in [0, 0.1) is 11.7 Å². The molecule has 0 aromatic heterocycles. The van der Waals surface area contributed by atoms with Gasteiger partial charge in [-0.25, -0.2) is 9.18 Å². The number of thioether (sulfide) groups is 1. The van der Waals surface area contributed by atoms with E-state index < -0.39 is 0 Å². The minimum Gasteiger partial charge on any atom is -0.374 e. The van der Waals surface area contributed by atoms with Gasteiger partial charge in [-0.05, 0) is 42.6 Å². The predicted molar refractivity (Wildman–Crippen MR) is 94.6 cm³/mol. The molecule has 1 aromatic carbocycles. The van der Waals surface area contributed by atoms with Gasteiger partial charge in [-0.15, -0.1) is 0 Å². The van der Waals surface area contributed by atoms with E-state index in [1.165, 1.54) is 18.9 Å². The molecule has 2 fully saturated rings. The minimum atomic E-state index is -0.143. The first-order valence-electron chi connectivity index (χ1n) is 8.69. The molecule has 1 atom stereocenters. The molecular formula is C18H25FN2O2S. The van der Waals surface area contributed by atoms with Crippen LogP contribution in [0.3, 0.4) is 0 Å². The van der Waals surface area contributed by atoms with Crippen LogP contribution in [0.5, 0.6) is 0 Å². The van der Waals surface area contributed by atoms with Crippen LogP contribution >= 0.6 is 11.8 Å². The zero-order chi connectivity index (χ0) is 16.8. The topological polar surface area (TPSA) is 41.6 Å². The maximum Gasteiger partial charge on any atom is 0.317 e. The van der Waals surface area contributed by atoms with E-state index in [1.807, 2.05) is 17.0 Å². The first-order valence-corrected chi connectivity index (χ1v) is 9.85. The van der Waals surface area contributed by atoms with Gasteiger partial charge in [0, 0.05) is 25.4 Å². The van der Waals surface area contributed by atoms with Crippen molar-refractivity contribution in [3.8, 4) is 0 Å². The Morgan fingerprint density at radius 2 is 2.21 bits per heavy atom. The Balaban J connectivity index is 1.27. The van der Waals surface area contributed by atoms with Crippen molar-refractivity contribution >= 4 is 17.8 Å². The molecule has 1 aromatic rings. The Kier molecular flexibility index (Phi) is 6.37. The fourth-order valence-corrected chi connectivity index (χ4v) is 3.84. The van der Waals surface area contributed by atoms with Crippen molar-refractivity contribution in [2.45, 2.75) is 31.1 Å². The van der Waals surface area contributed by atoms with Crippen LogP contribution in [-0.4, -0.2) is 49.0 Å². The summed E-state index contributed by atoms with van der Waals surface area (Å²) in [4.78, 5) is 14.1. The number of carbonyl (C=O) groups is 1. The Bertz CT molecular complexity index is 554. The number of nitrogens with zero attached hydrogens (tertiary/aromatic N) is 1. The number of nitrogens with one attached hydrogen (secondary N) is 1. The summed E-state index contributed by atoms with van der Waals surface area (Å²) in [5.74, 6) is 2.10. The summed E-state index contributed by atoms with van der Waals surface area (Å²) in [7, 11) is 0. The van der Waals surface area contributed by atoms with Crippen molar-refractivity contribution in [3.63, 3.8) is 0 Å². The van der Waals surface area contributed by atoms with Gasteiger partial charge in [0.25, 0.3) is 0 Å². The Morgan fingerprint density at radius 3 is 3.00 bits per heavy atom. The molecule has 1 saturated heterocycles. The molecule has 132 valence electrons. The fraction of sp³-hybridized carbons (Fsp3) is 0.611. The van der Waals surface area contributed by atoms with Gasteiger partial charge in [0.1, 0.15) is 5.82 Å². The van der Waals surface area contributed by atoms with E-state index >= 15 is 0 Å². The summed E-state index contributed by atoms with van der Waals surface area (Å²) in [5, 5.41) is 2.99. The van der Waals surface area contributed by atoms with E-state index in [4.69, 9.17) is 4.74 Å². The molecule has 2 aliphatic rings. The lowest BCUT2D eigenvalue weighted by molar-refractivity contribution is -0.0252. The van der Waals surface area contributed by atoms with Gasteiger partial charge in [0.15, 0.2) is 0 Å². The average Bonchev–Trinajstić information content (AvgIpc) is 3.44. The van der Waals surface area contributed by atoms with Crippen LogP contribution in [0.2, 0.25) is 0 Å². The monoisotopic (exact) mass is 352 g/mol. The molecule has 0 bridgehead atoms. The molecule has 0 unspecified atom stereocenters. The highest BCUT2D eigenvalue weighted by atomic mass is 32.2. The highest BCUT2D eigenvalue weighted by Gasteiger charge is 2.36. The van der Waals surface area contributed by atoms with Crippen molar-refractivity contribution in [3.05, 3.63) is 35.6 Å². The third-order valence-electron chi connectivity index (χ3n) is 4.49. The van der Waals surface area contributed by atoms with Gasteiger partial charge in [-0.1, -0.05) is 18.2 Å². The van der Waals surface area contributed by atoms with E-state index in [0.29, 0.717) is 31.4 Å². The summed E-state index contributed by atoms with van der Waals surface area (Å²) in [6.45, 7) is 2.71. The average molecular weight is 352 g/mol. The van der Waals surface area contributed by atoms with E-state index in [-0.39, 0.29) is 18.0 Å². The third kappa shape index (κ3) is 5.11. The fourth-order valence-electron chi connectivity index (χ4n) is 2.89. The zero-order valence-corrected chi connectivity index (χ0v) is 14.7. The standard InChI is InChI=1S/C18H25FN2O2S/c19-16-5-2-1-4-15(16)13-24-11-3-8-20-18(22)21-9-10-23-17(12-21)14-6-7-14/h1-2,4-5,14,17H,3,6-13H2,(H,20,22)/t17-/m0/s1. The van der Waals surface area contributed by atoms with Crippen molar-refractivity contribution < 1.29 is 13.9 Å². The molecule has 1 heterocycles. The second kappa shape index (κ2) is 8.72. The number of urea groups is 1. The number of hydrogen-bond acceptors (Lipinski definition) is 3. The van der Waals surface area contributed by atoms with Crippen molar-refractivity contribution in [1.29, 1.82) is 0 Å². The van der Waals surface area contributed by atoms with E-state index in [0.717, 1.165) is 24.3 Å². The summed E-state index contributed by atoms with van der Waals surface area (Å²) in [6, 6.07) is 6.89. The Morgan fingerprint density at radius 1 is 1.38 bits per heavy atom. The molecule has 24 heavy (non-hydrogen) atoms. The number of carbonyl (C=O) groups excluding carboxylic acids is 1. The van der Waals surface area contributed by atoms with Crippen LogP contribution in [0.4, 0.5) is 9.18 Å². The number of benzene rings is 1. The van der Waals surface area contributed by atoms with Gasteiger partial charge >= 0.3 is 6.03 Å². The summed E-state index contributed by atoms with van der Waals surface area (Å²) in [5.41, 5.74) is 0.742. The van der Waals surface area contributed by atoms with Gasteiger partial charge in [-0.3, -0.25) is 0 Å². The number of ether oxygens (including phenoxy) is 1. The van der Waals surface area contributed by atoms with Crippen LogP contribution in [-0.2, 0) is 10.5 Å². The molecule has 1 aliphatic carbocycles. The molecular weight excluding hydrogens is 327 g/mol. The normalized spacial score (nSPS) is 20.9. The molecule has 1 N–H and O–H groups in total. The second-order valence-electron chi connectivity index (χ2n) is 6.42. The van der Waals surface area contributed by atoms with Crippen LogP contribution in [0.25, 0.3) is 0 Å². The number of hydrogen-bond donors (Lipinski definition) is 1. The highest BCUT2D eigenvalue weighted by Crippen LogP contribution is 2.35. The largest absolute Gasteiger partial charge is 0.374 e. The second-order valence-corrected chi connectivity index (χ2v) is 7.53. The number of morpholine rings is 1. The molecule has 6 heteroatoms. The molecule has 2 amide bonds. The number of amides is 2. The highest BCUT2D eigenvalue weighted by molar-refractivity contribution is 7.98. The molecule has 1 saturated carbocycles. The first-order chi connectivity index (χ1) is 11.7. The zero-order valence-electron chi connectivity index (χ0n) is 13.9. The van der Waals surface area contributed by atoms with Gasteiger partial charge in [0.2, 0.25) is 0 Å². The minimum absolute atomic E-state index is 0.0167. The quantitative estimate of drug-likeness (QED) is 0.766. The lowest BCUT2D eigenvalue weighted by Gasteiger charge is -2.33. The molecule has 4 nitrogen and oxygen atoms in total. The van der Waals surface area contributed by atoms with Gasteiger partial charge in [-0.2, -0.15) is 11.8 Å². The van der Waals surface area contributed by atoms with Crippen molar-refractivity contribution in [2.75, 3.05) is 32.0 Å². The third-order valence-corrected chi connectivity index (χ3v) is 5.58. The number of halogens is 1. The molecule has 1 aliphatic heterocycles. The van der Waals surface area contributed by atoms with E-state index in [1.54, 1.807) is 17.8 Å². The summed E-state index contributed by atoms with van der Waals surface area (Å²) < 4.78 is 19.2. The summed E-state index contributed by atoms with van der Waals surface area (Å²) in [6.07, 6.45) is 3.60. The Labute approximate surface area is 147 Å². The summed E-state index contributed by atoms with van der Waals surface area (Å²) >= 11 is 1.70. The lowest BCUT2D eigenvalue weighted by Crippen LogP contribution is -2.50. The van der Waals surface area contributed by atoms with Crippen LogP contribution in [0.1, 0.15) is 24.8 Å². The lowest BCUT2D eigenvalue weighted by atomic mass is 10.2. The predicted octanol–water partition coefficient (Wildman–Crippen LogP) is 3.27. The maximum absolute atomic E-state index is 13.5. The maximum atomic E-state index is 13.5. The van der Waals surface area contributed by atoms with Gasteiger partial charge < -0.3 is 15.0 Å². The van der Waals surface area contributed by atoms with E-state index in [9.17, 15) is 9.18 Å². The van der Waals surface area contributed by atoms with E-state index in [2.05, 4.69) is 5.32 Å². The molecule has 3 rings (SSSR count). The SMILES string of the molecule is O=C(NCCCSCc1ccccc1F)N1CCO[C@H](C2CC2)C1. The molecule has 0 spiro atoms.